The number of aryl methyl sites for hydroxylation is 1. The van der Waals surface area contributed by atoms with Crippen molar-refractivity contribution in [1.82, 2.24) is 0 Å². The molecule has 0 unspecified atom stereocenters. The van der Waals surface area contributed by atoms with Crippen LogP contribution in [0.4, 0.5) is 0 Å². The standard InChI is InChI=1S/C15H23Cl/c1-11(2)15(12(3)4)10-7-13-5-8-14(16)9-6-13/h5-6,8-9,11-12,15H,7,10H2,1-4H3. The lowest BCUT2D eigenvalue weighted by Gasteiger charge is -2.24. The summed E-state index contributed by atoms with van der Waals surface area (Å²) in [6, 6.07) is 8.24. The van der Waals surface area contributed by atoms with Crippen molar-refractivity contribution in [3.8, 4) is 0 Å². The normalized spacial score (nSPS) is 11.8. The van der Waals surface area contributed by atoms with Gasteiger partial charge < -0.3 is 0 Å². The quantitative estimate of drug-likeness (QED) is 0.661. The van der Waals surface area contributed by atoms with Crippen LogP contribution in [-0.2, 0) is 6.42 Å². The minimum absolute atomic E-state index is 0.771. The van der Waals surface area contributed by atoms with Crippen LogP contribution < -0.4 is 0 Å². The van der Waals surface area contributed by atoms with Crippen molar-refractivity contribution >= 4 is 11.6 Å². The zero-order chi connectivity index (χ0) is 12.1. The molecule has 0 aliphatic carbocycles. The van der Waals surface area contributed by atoms with Crippen LogP contribution in [0.25, 0.3) is 0 Å². The Morgan fingerprint density at radius 2 is 1.44 bits per heavy atom. The third-order valence-electron chi connectivity index (χ3n) is 3.39. The van der Waals surface area contributed by atoms with Crippen molar-refractivity contribution in [3.63, 3.8) is 0 Å². The van der Waals surface area contributed by atoms with Gasteiger partial charge in [-0.2, -0.15) is 0 Å². The zero-order valence-electron chi connectivity index (χ0n) is 10.8. The van der Waals surface area contributed by atoms with Crippen LogP contribution in [-0.4, -0.2) is 0 Å². The molecular weight excluding hydrogens is 216 g/mol. The fraction of sp³-hybridized carbons (Fsp3) is 0.600. The summed E-state index contributed by atoms with van der Waals surface area (Å²) >= 11 is 5.88. The van der Waals surface area contributed by atoms with Crippen molar-refractivity contribution in [2.75, 3.05) is 0 Å². The molecule has 0 saturated heterocycles. The maximum Gasteiger partial charge on any atom is 0.0406 e. The van der Waals surface area contributed by atoms with Crippen molar-refractivity contribution in [3.05, 3.63) is 34.9 Å². The number of hydrogen-bond acceptors (Lipinski definition) is 0. The van der Waals surface area contributed by atoms with E-state index in [0.717, 1.165) is 29.2 Å². The largest absolute Gasteiger partial charge is 0.0843 e. The molecule has 0 aliphatic rings. The molecule has 90 valence electrons. The fourth-order valence-electron chi connectivity index (χ4n) is 2.42. The van der Waals surface area contributed by atoms with Gasteiger partial charge in [-0.25, -0.2) is 0 Å². The van der Waals surface area contributed by atoms with E-state index < -0.39 is 0 Å². The molecular formula is C15H23Cl. The van der Waals surface area contributed by atoms with Gasteiger partial charge in [0.05, 0.1) is 0 Å². The molecule has 0 atom stereocenters. The second kappa shape index (κ2) is 6.30. The summed E-state index contributed by atoms with van der Waals surface area (Å²) in [5, 5.41) is 0.827. The zero-order valence-corrected chi connectivity index (χ0v) is 11.6. The molecule has 1 aromatic carbocycles. The molecule has 0 aromatic heterocycles. The predicted molar refractivity (Wildman–Crippen MR) is 72.9 cm³/mol. The van der Waals surface area contributed by atoms with Crippen molar-refractivity contribution in [2.45, 2.75) is 40.5 Å². The summed E-state index contributed by atoms with van der Waals surface area (Å²) in [5.74, 6) is 2.36. The van der Waals surface area contributed by atoms with E-state index in [1.165, 1.54) is 12.0 Å². The first-order valence-corrected chi connectivity index (χ1v) is 6.63. The van der Waals surface area contributed by atoms with Gasteiger partial charge in [0.1, 0.15) is 0 Å². The van der Waals surface area contributed by atoms with Gasteiger partial charge in [-0.3, -0.25) is 0 Å². The average Bonchev–Trinajstić information content (AvgIpc) is 2.20. The molecule has 0 bridgehead atoms. The van der Waals surface area contributed by atoms with E-state index in [4.69, 9.17) is 11.6 Å². The first kappa shape index (κ1) is 13.6. The van der Waals surface area contributed by atoms with E-state index in [0.29, 0.717) is 0 Å². The lowest BCUT2D eigenvalue weighted by Crippen LogP contribution is -2.16. The van der Waals surface area contributed by atoms with Crippen LogP contribution in [0.5, 0.6) is 0 Å². The molecule has 0 nitrogen and oxygen atoms in total. The topological polar surface area (TPSA) is 0 Å². The Balaban J connectivity index is 2.52. The minimum Gasteiger partial charge on any atom is -0.0843 e. The molecule has 1 aromatic rings. The molecule has 16 heavy (non-hydrogen) atoms. The monoisotopic (exact) mass is 238 g/mol. The van der Waals surface area contributed by atoms with E-state index in [1.54, 1.807) is 0 Å². The lowest BCUT2D eigenvalue weighted by molar-refractivity contribution is 0.270. The Morgan fingerprint density at radius 1 is 0.938 bits per heavy atom. The fourth-order valence-corrected chi connectivity index (χ4v) is 2.55. The molecule has 0 heterocycles. The van der Waals surface area contributed by atoms with E-state index in [9.17, 15) is 0 Å². The average molecular weight is 239 g/mol. The van der Waals surface area contributed by atoms with Gasteiger partial charge in [0.25, 0.3) is 0 Å². The number of benzene rings is 1. The van der Waals surface area contributed by atoms with E-state index in [1.807, 2.05) is 12.1 Å². The maximum absolute atomic E-state index is 5.88. The number of rotatable bonds is 5. The van der Waals surface area contributed by atoms with E-state index >= 15 is 0 Å². The van der Waals surface area contributed by atoms with Gasteiger partial charge in [-0.15, -0.1) is 0 Å². The Labute approximate surface area is 105 Å². The molecule has 0 fully saturated rings. The van der Waals surface area contributed by atoms with Crippen molar-refractivity contribution in [1.29, 1.82) is 0 Å². The molecule has 0 N–H and O–H groups in total. The highest BCUT2D eigenvalue weighted by molar-refractivity contribution is 6.30. The Bertz CT molecular complexity index is 290. The SMILES string of the molecule is CC(C)C(CCc1ccc(Cl)cc1)C(C)C. The highest BCUT2D eigenvalue weighted by Gasteiger charge is 2.16. The molecule has 0 radical (unpaired) electrons. The van der Waals surface area contributed by atoms with E-state index in [2.05, 4.69) is 39.8 Å². The van der Waals surface area contributed by atoms with Gasteiger partial charge in [0, 0.05) is 5.02 Å². The molecule has 0 amide bonds. The summed E-state index contributed by atoms with van der Waals surface area (Å²) in [5.41, 5.74) is 1.40. The molecule has 0 saturated carbocycles. The van der Waals surface area contributed by atoms with Crippen molar-refractivity contribution in [2.24, 2.45) is 17.8 Å². The van der Waals surface area contributed by atoms with Gasteiger partial charge in [-0.05, 0) is 48.3 Å². The Hall–Kier alpha value is -0.490. The van der Waals surface area contributed by atoms with Crippen molar-refractivity contribution < 1.29 is 0 Å². The summed E-state index contributed by atoms with van der Waals surface area (Å²) in [4.78, 5) is 0. The Morgan fingerprint density at radius 3 is 1.88 bits per heavy atom. The summed E-state index contributed by atoms with van der Waals surface area (Å²) in [7, 11) is 0. The van der Waals surface area contributed by atoms with Crippen LogP contribution in [0.1, 0.15) is 39.7 Å². The van der Waals surface area contributed by atoms with Crippen LogP contribution in [0.2, 0.25) is 5.02 Å². The smallest absolute Gasteiger partial charge is 0.0406 e. The molecule has 0 aliphatic heterocycles. The molecule has 1 heteroatoms. The summed E-state index contributed by atoms with van der Waals surface area (Å²) in [6.45, 7) is 9.30. The maximum atomic E-state index is 5.88. The Kier molecular flexibility index (Phi) is 5.34. The third-order valence-corrected chi connectivity index (χ3v) is 3.64. The second-order valence-corrected chi connectivity index (χ2v) is 5.75. The van der Waals surface area contributed by atoms with Gasteiger partial charge in [0.15, 0.2) is 0 Å². The van der Waals surface area contributed by atoms with Crippen LogP contribution in [0, 0.1) is 17.8 Å². The minimum atomic E-state index is 0.771. The first-order chi connectivity index (χ1) is 7.50. The highest BCUT2D eigenvalue weighted by atomic mass is 35.5. The van der Waals surface area contributed by atoms with Crippen LogP contribution in [0.3, 0.4) is 0 Å². The van der Waals surface area contributed by atoms with Crippen LogP contribution in [0.15, 0.2) is 24.3 Å². The van der Waals surface area contributed by atoms with Gasteiger partial charge >= 0.3 is 0 Å². The second-order valence-electron chi connectivity index (χ2n) is 5.32. The third kappa shape index (κ3) is 4.17. The number of hydrogen-bond donors (Lipinski definition) is 0. The van der Waals surface area contributed by atoms with Gasteiger partial charge in [-0.1, -0.05) is 51.4 Å². The highest BCUT2D eigenvalue weighted by Crippen LogP contribution is 2.26. The summed E-state index contributed by atoms with van der Waals surface area (Å²) in [6.07, 6.45) is 2.44. The predicted octanol–water partition coefficient (Wildman–Crippen LogP) is 5.20. The molecule has 1 rings (SSSR count). The van der Waals surface area contributed by atoms with E-state index in [-0.39, 0.29) is 0 Å². The van der Waals surface area contributed by atoms with Crippen LogP contribution >= 0.6 is 11.6 Å². The molecule has 0 spiro atoms. The number of halogens is 1. The van der Waals surface area contributed by atoms with Gasteiger partial charge in [0.2, 0.25) is 0 Å². The lowest BCUT2D eigenvalue weighted by atomic mass is 9.81. The summed E-state index contributed by atoms with van der Waals surface area (Å²) < 4.78 is 0. The first-order valence-electron chi connectivity index (χ1n) is 6.25.